The summed E-state index contributed by atoms with van der Waals surface area (Å²) in [6.07, 6.45) is 1.65. The van der Waals surface area contributed by atoms with Crippen LogP contribution in [0, 0.1) is 11.8 Å². The summed E-state index contributed by atoms with van der Waals surface area (Å²) in [7, 11) is 1.00. The van der Waals surface area contributed by atoms with Crippen molar-refractivity contribution in [3.63, 3.8) is 0 Å². The molecule has 2 aromatic carbocycles. The van der Waals surface area contributed by atoms with Crippen LogP contribution in [0.3, 0.4) is 0 Å². The van der Waals surface area contributed by atoms with Gasteiger partial charge in [-0.2, -0.15) is 0 Å². The molecule has 0 aliphatic heterocycles. The second kappa shape index (κ2) is 15.5. The number of hydrogen-bond donors (Lipinski definition) is 2. The Hall–Kier alpha value is -2.37. The van der Waals surface area contributed by atoms with Crippen LogP contribution >= 0.6 is 0 Å². The Morgan fingerprint density at radius 2 is 1.50 bits per heavy atom. The van der Waals surface area contributed by atoms with Crippen LogP contribution in [0.2, 0.25) is 0 Å². The smallest absolute Gasteiger partial charge is 0.223 e. The second-order valence-corrected chi connectivity index (χ2v) is 7.45. The van der Waals surface area contributed by atoms with Gasteiger partial charge in [-0.1, -0.05) is 62.4 Å². The highest BCUT2D eigenvalue weighted by atomic mass is 16.5. The minimum atomic E-state index is -0.0437. The van der Waals surface area contributed by atoms with Crippen molar-refractivity contribution in [2.24, 2.45) is 11.8 Å². The van der Waals surface area contributed by atoms with Gasteiger partial charge in [0.25, 0.3) is 0 Å². The van der Waals surface area contributed by atoms with Crippen molar-refractivity contribution in [2.75, 3.05) is 20.3 Å². The molecule has 0 bridgehead atoms. The number of aliphatic hydroxyl groups excluding tert-OH is 1. The third-order valence-corrected chi connectivity index (χ3v) is 5.05. The largest absolute Gasteiger partial charge is 0.494 e. The van der Waals surface area contributed by atoms with E-state index in [4.69, 9.17) is 14.6 Å². The van der Waals surface area contributed by atoms with Crippen molar-refractivity contribution in [1.82, 2.24) is 5.32 Å². The van der Waals surface area contributed by atoms with E-state index in [1.165, 1.54) is 5.56 Å². The summed E-state index contributed by atoms with van der Waals surface area (Å²) in [5, 5.41) is 10.1. The molecule has 2 rings (SSSR count). The van der Waals surface area contributed by atoms with Crippen LogP contribution in [-0.2, 0) is 16.1 Å². The van der Waals surface area contributed by atoms with Gasteiger partial charge in [-0.3, -0.25) is 4.79 Å². The molecule has 3 atom stereocenters. The number of ether oxygens (including phenoxy) is 2. The summed E-state index contributed by atoms with van der Waals surface area (Å²) in [5.41, 5.74) is 1.17. The maximum Gasteiger partial charge on any atom is 0.223 e. The second-order valence-electron chi connectivity index (χ2n) is 7.45. The molecule has 0 saturated heterocycles. The first-order valence-corrected chi connectivity index (χ1v) is 10.6. The van der Waals surface area contributed by atoms with Gasteiger partial charge in [-0.05, 0) is 37.0 Å². The number of para-hydroxylation sites is 1. The van der Waals surface area contributed by atoms with E-state index in [0.717, 1.165) is 25.7 Å². The van der Waals surface area contributed by atoms with E-state index in [-0.39, 0.29) is 23.8 Å². The standard InChI is InChI=1S/C24H33NO3.CH4O/c1-19(14-16-27-18-22-10-6-4-7-11-22)21(3)24(26)25-20(2)15-17-28-23-12-8-5-9-13-23;1-2/h4-13,19-21H,14-18H2,1-3H3,(H,25,26);2H,1H3. The molecular weight excluding hydrogens is 378 g/mol. The summed E-state index contributed by atoms with van der Waals surface area (Å²) in [4.78, 5) is 12.5. The van der Waals surface area contributed by atoms with Crippen LogP contribution in [0.5, 0.6) is 5.75 Å². The Morgan fingerprint density at radius 1 is 0.900 bits per heavy atom. The minimum absolute atomic E-state index is 0.0437. The molecule has 0 saturated carbocycles. The number of carbonyl (C=O) groups excluding carboxylic acids is 1. The Morgan fingerprint density at radius 3 is 2.13 bits per heavy atom. The molecule has 0 aliphatic carbocycles. The molecule has 0 aromatic heterocycles. The maximum atomic E-state index is 12.5. The molecule has 5 nitrogen and oxygen atoms in total. The van der Waals surface area contributed by atoms with Crippen LogP contribution in [0.25, 0.3) is 0 Å². The molecule has 2 aromatic rings. The van der Waals surface area contributed by atoms with Gasteiger partial charge >= 0.3 is 0 Å². The van der Waals surface area contributed by atoms with Crippen molar-refractivity contribution in [3.05, 3.63) is 66.2 Å². The third kappa shape index (κ3) is 10.4. The quantitative estimate of drug-likeness (QED) is 0.503. The van der Waals surface area contributed by atoms with Crippen molar-refractivity contribution in [3.8, 4) is 5.75 Å². The van der Waals surface area contributed by atoms with Crippen LogP contribution in [0.1, 0.15) is 39.2 Å². The maximum absolute atomic E-state index is 12.5. The van der Waals surface area contributed by atoms with Crippen molar-refractivity contribution < 1.29 is 19.4 Å². The molecule has 0 radical (unpaired) electrons. The van der Waals surface area contributed by atoms with Crippen molar-refractivity contribution in [2.45, 2.75) is 46.3 Å². The molecule has 5 heteroatoms. The molecule has 1 amide bonds. The Balaban J connectivity index is 0.00000218. The predicted molar refractivity (Wildman–Crippen MR) is 121 cm³/mol. The molecule has 0 spiro atoms. The molecule has 3 unspecified atom stereocenters. The van der Waals surface area contributed by atoms with Gasteiger partial charge in [-0.15, -0.1) is 0 Å². The summed E-state index contributed by atoms with van der Waals surface area (Å²) in [5.74, 6) is 1.18. The Labute approximate surface area is 181 Å². The number of aliphatic hydroxyl groups is 1. The van der Waals surface area contributed by atoms with Crippen LogP contribution in [0.4, 0.5) is 0 Å². The Bertz CT molecular complexity index is 678. The lowest BCUT2D eigenvalue weighted by Gasteiger charge is -2.22. The van der Waals surface area contributed by atoms with Gasteiger partial charge in [0.1, 0.15) is 5.75 Å². The third-order valence-electron chi connectivity index (χ3n) is 5.05. The molecule has 30 heavy (non-hydrogen) atoms. The van der Waals surface area contributed by atoms with E-state index in [0.29, 0.717) is 19.8 Å². The summed E-state index contributed by atoms with van der Waals surface area (Å²) in [6, 6.07) is 20.0. The molecular formula is C25H37NO4. The zero-order chi connectivity index (χ0) is 22.2. The molecule has 2 N–H and O–H groups in total. The van der Waals surface area contributed by atoms with Crippen molar-refractivity contribution >= 4 is 5.91 Å². The van der Waals surface area contributed by atoms with E-state index >= 15 is 0 Å². The molecule has 166 valence electrons. The highest BCUT2D eigenvalue weighted by molar-refractivity contribution is 5.78. The lowest BCUT2D eigenvalue weighted by molar-refractivity contribution is -0.126. The first kappa shape index (κ1) is 25.7. The van der Waals surface area contributed by atoms with Crippen LogP contribution < -0.4 is 10.1 Å². The molecule has 0 heterocycles. The SMILES string of the molecule is CC(CCOc1ccccc1)NC(=O)C(C)C(C)CCOCc1ccccc1.CO. The summed E-state index contributed by atoms with van der Waals surface area (Å²) >= 11 is 0. The molecule has 0 fully saturated rings. The zero-order valence-electron chi connectivity index (χ0n) is 18.7. The van der Waals surface area contributed by atoms with Gasteiger partial charge in [0.05, 0.1) is 13.2 Å². The number of benzene rings is 2. The number of nitrogens with one attached hydrogen (secondary N) is 1. The van der Waals surface area contributed by atoms with Gasteiger partial charge in [-0.25, -0.2) is 0 Å². The number of carbonyl (C=O) groups is 1. The highest BCUT2D eigenvalue weighted by Crippen LogP contribution is 2.16. The summed E-state index contributed by atoms with van der Waals surface area (Å²) in [6.45, 7) is 7.99. The topological polar surface area (TPSA) is 67.8 Å². The first-order valence-electron chi connectivity index (χ1n) is 10.6. The average Bonchev–Trinajstić information content (AvgIpc) is 2.78. The van der Waals surface area contributed by atoms with E-state index in [9.17, 15) is 4.79 Å². The zero-order valence-corrected chi connectivity index (χ0v) is 18.7. The van der Waals surface area contributed by atoms with E-state index in [1.54, 1.807) is 0 Å². The van der Waals surface area contributed by atoms with Gasteiger partial charge in [0, 0.05) is 32.1 Å². The van der Waals surface area contributed by atoms with E-state index < -0.39 is 0 Å². The number of rotatable bonds is 12. The van der Waals surface area contributed by atoms with Gasteiger partial charge in [0.15, 0.2) is 0 Å². The fourth-order valence-corrected chi connectivity index (χ4v) is 2.86. The predicted octanol–water partition coefficient (Wildman–Crippen LogP) is 4.45. The fourth-order valence-electron chi connectivity index (χ4n) is 2.86. The summed E-state index contributed by atoms with van der Waals surface area (Å²) < 4.78 is 11.4. The highest BCUT2D eigenvalue weighted by Gasteiger charge is 2.21. The Kier molecular flexibility index (Phi) is 13.2. The normalized spacial score (nSPS) is 13.4. The van der Waals surface area contributed by atoms with Crippen LogP contribution in [-0.4, -0.2) is 37.4 Å². The minimum Gasteiger partial charge on any atom is -0.494 e. The fraction of sp³-hybridized carbons (Fsp3) is 0.480. The van der Waals surface area contributed by atoms with Gasteiger partial charge < -0.3 is 19.9 Å². The monoisotopic (exact) mass is 415 g/mol. The van der Waals surface area contributed by atoms with Crippen molar-refractivity contribution in [1.29, 1.82) is 0 Å². The molecule has 0 aliphatic rings. The van der Waals surface area contributed by atoms with E-state index in [2.05, 4.69) is 24.4 Å². The van der Waals surface area contributed by atoms with E-state index in [1.807, 2.05) is 62.4 Å². The number of amides is 1. The number of hydrogen-bond acceptors (Lipinski definition) is 4. The first-order chi connectivity index (χ1) is 14.6. The lowest BCUT2D eigenvalue weighted by Crippen LogP contribution is -2.39. The van der Waals surface area contributed by atoms with Gasteiger partial charge in [0.2, 0.25) is 5.91 Å². The average molecular weight is 416 g/mol. The van der Waals surface area contributed by atoms with Crippen LogP contribution in [0.15, 0.2) is 60.7 Å². The lowest BCUT2D eigenvalue weighted by atomic mass is 9.92.